The van der Waals surface area contributed by atoms with Crippen LogP contribution in [0.3, 0.4) is 0 Å². The van der Waals surface area contributed by atoms with Crippen LogP contribution in [0, 0.1) is 0 Å². The molecule has 0 saturated carbocycles. The molecule has 3 aromatic carbocycles. The molecule has 5 heteroatoms. The summed E-state index contributed by atoms with van der Waals surface area (Å²) in [5.74, 6) is 0.102. The third kappa shape index (κ3) is 7.47. The Balaban J connectivity index is 1.53. The van der Waals surface area contributed by atoms with Crippen molar-refractivity contribution in [3.63, 3.8) is 0 Å². The zero-order valence-corrected chi connectivity index (χ0v) is 19.8. The van der Waals surface area contributed by atoms with Gasteiger partial charge in [0.1, 0.15) is 0 Å². The summed E-state index contributed by atoms with van der Waals surface area (Å²) in [6.07, 6.45) is 1.92. The van der Waals surface area contributed by atoms with Crippen molar-refractivity contribution in [1.29, 1.82) is 0 Å². The lowest BCUT2D eigenvalue weighted by molar-refractivity contribution is -0.121. The maximum absolute atomic E-state index is 12.8. The van der Waals surface area contributed by atoms with Gasteiger partial charge in [0.15, 0.2) is 0 Å². The average Bonchev–Trinajstić information content (AvgIpc) is 2.85. The van der Waals surface area contributed by atoms with Gasteiger partial charge in [0.25, 0.3) is 5.91 Å². The zero-order chi connectivity index (χ0) is 23.5. The van der Waals surface area contributed by atoms with Crippen LogP contribution < -0.4 is 5.32 Å². The van der Waals surface area contributed by atoms with E-state index in [9.17, 15) is 9.59 Å². The van der Waals surface area contributed by atoms with Gasteiger partial charge in [-0.3, -0.25) is 9.59 Å². The number of nitrogens with one attached hydrogen (secondary N) is 1. The molecule has 3 rings (SSSR count). The Morgan fingerprint density at radius 3 is 1.97 bits per heavy atom. The fourth-order valence-electron chi connectivity index (χ4n) is 3.94. The summed E-state index contributed by atoms with van der Waals surface area (Å²) < 4.78 is 0. The molecular formula is C28H31ClN2O2. The van der Waals surface area contributed by atoms with E-state index in [0.29, 0.717) is 30.2 Å². The summed E-state index contributed by atoms with van der Waals surface area (Å²) in [5, 5.41) is 3.64. The molecule has 0 atom stereocenters. The quantitative estimate of drug-likeness (QED) is 0.384. The van der Waals surface area contributed by atoms with Gasteiger partial charge in [-0.25, -0.2) is 0 Å². The van der Waals surface area contributed by atoms with Gasteiger partial charge in [0.05, 0.1) is 0 Å². The van der Waals surface area contributed by atoms with E-state index in [1.54, 1.807) is 29.2 Å². The zero-order valence-electron chi connectivity index (χ0n) is 19.0. The molecule has 0 bridgehead atoms. The van der Waals surface area contributed by atoms with Crippen LogP contribution in [-0.4, -0.2) is 36.3 Å². The Morgan fingerprint density at radius 1 is 0.848 bits per heavy atom. The lowest BCUT2D eigenvalue weighted by Crippen LogP contribution is -2.36. The smallest absolute Gasteiger partial charge is 0.253 e. The fraction of sp³-hybridized carbons (Fsp3) is 0.286. The molecule has 0 aliphatic rings. The van der Waals surface area contributed by atoms with Crippen LogP contribution in [0.15, 0.2) is 84.9 Å². The number of nitrogens with zero attached hydrogens (tertiary/aromatic N) is 1. The summed E-state index contributed by atoms with van der Waals surface area (Å²) in [6, 6.07) is 27.6. The van der Waals surface area contributed by atoms with Crippen molar-refractivity contribution in [2.45, 2.75) is 32.1 Å². The second-order valence-electron chi connectivity index (χ2n) is 8.06. The standard InChI is InChI=1S/C28H31ClN2O2/c1-2-20-31(28(33)24-13-15-25(29)16-14-24)21-18-27(32)30-19-17-26(22-9-5-3-6-10-22)23-11-7-4-8-12-23/h3-16,26H,2,17-21H2,1H3,(H,30,32). The molecule has 0 heterocycles. The molecule has 0 spiro atoms. The van der Waals surface area contributed by atoms with E-state index in [0.717, 1.165) is 12.8 Å². The minimum absolute atomic E-state index is 0.0418. The SMILES string of the molecule is CCCN(CCC(=O)NCCC(c1ccccc1)c1ccccc1)C(=O)c1ccc(Cl)cc1. The number of carbonyl (C=O) groups is 2. The first-order valence-corrected chi connectivity index (χ1v) is 11.9. The molecule has 0 unspecified atom stereocenters. The van der Waals surface area contributed by atoms with Crippen molar-refractivity contribution in [1.82, 2.24) is 10.2 Å². The minimum atomic E-state index is -0.0745. The molecule has 1 N–H and O–H groups in total. The van der Waals surface area contributed by atoms with Crippen molar-refractivity contribution in [2.24, 2.45) is 0 Å². The number of benzene rings is 3. The highest BCUT2D eigenvalue weighted by molar-refractivity contribution is 6.30. The first-order valence-electron chi connectivity index (χ1n) is 11.5. The molecule has 3 aromatic rings. The van der Waals surface area contributed by atoms with Crippen molar-refractivity contribution < 1.29 is 9.59 Å². The monoisotopic (exact) mass is 462 g/mol. The van der Waals surface area contributed by atoms with Gasteiger partial charge >= 0.3 is 0 Å². The van der Waals surface area contributed by atoms with Crippen molar-refractivity contribution in [3.8, 4) is 0 Å². The molecule has 2 amide bonds. The van der Waals surface area contributed by atoms with E-state index in [4.69, 9.17) is 11.6 Å². The van der Waals surface area contributed by atoms with Crippen LogP contribution in [0.25, 0.3) is 0 Å². The van der Waals surface area contributed by atoms with Crippen molar-refractivity contribution in [3.05, 3.63) is 107 Å². The minimum Gasteiger partial charge on any atom is -0.356 e. The van der Waals surface area contributed by atoms with Gasteiger partial charge in [-0.1, -0.05) is 79.2 Å². The number of amides is 2. The van der Waals surface area contributed by atoms with Crippen molar-refractivity contribution >= 4 is 23.4 Å². The van der Waals surface area contributed by atoms with Crippen LogP contribution in [0.1, 0.15) is 53.6 Å². The molecule has 0 aliphatic heterocycles. The van der Waals surface area contributed by atoms with E-state index in [2.05, 4.69) is 29.6 Å². The van der Waals surface area contributed by atoms with Gasteiger partial charge < -0.3 is 10.2 Å². The highest BCUT2D eigenvalue weighted by Gasteiger charge is 2.17. The lowest BCUT2D eigenvalue weighted by Gasteiger charge is -2.22. The average molecular weight is 463 g/mol. The Hall–Kier alpha value is -3.11. The van der Waals surface area contributed by atoms with Crippen LogP contribution in [0.5, 0.6) is 0 Å². The number of hydrogen-bond donors (Lipinski definition) is 1. The number of rotatable bonds is 11. The van der Waals surface area contributed by atoms with E-state index >= 15 is 0 Å². The Bertz CT molecular complexity index is 968. The van der Waals surface area contributed by atoms with Crippen LogP contribution in [-0.2, 0) is 4.79 Å². The van der Waals surface area contributed by atoms with Crippen LogP contribution >= 0.6 is 11.6 Å². The van der Waals surface area contributed by atoms with E-state index in [-0.39, 0.29) is 24.2 Å². The van der Waals surface area contributed by atoms with Crippen LogP contribution in [0.2, 0.25) is 5.02 Å². The molecule has 0 aromatic heterocycles. The first-order chi connectivity index (χ1) is 16.1. The topological polar surface area (TPSA) is 49.4 Å². The van der Waals surface area contributed by atoms with Crippen molar-refractivity contribution in [2.75, 3.05) is 19.6 Å². The number of hydrogen-bond acceptors (Lipinski definition) is 2. The fourth-order valence-corrected chi connectivity index (χ4v) is 4.06. The summed E-state index contributed by atoms with van der Waals surface area (Å²) in [6.45, 7) is 3.60. The van der Waals surface area contributed by atoms with Gasteiger partial charge in [0.2, 0.25) is 5.91 Å². The highest BCUT2D eigenvalue weighted by atomic mass is 35.5. The molecule has 33 heavy (non-hydrogen) atoms. The second kappa shape index (κ2) is 12.8. The third-order valence-corrected chi connectivity index (χ3v) is 5.89. The molecule has 4 nitrogen and oxygen atoms in total. The van der Waals surface area contributed by atoms with Gasteiger partial charge in [-0.15, -0.1) is 0 Å². The summed E-state index contributed by atoms with van der Waals surface area (Å²) in [4.78, 5) is 27.1. The predicted molar refractivity (Wildman–Crippen MR) is 135 cm³/mol. The third-order valence-electron chi connectivity index (χ3n) is 5.64. The second-order valence-corrected chi connectivity index (χ2v) is 8.50. The predicted octanol–water partition coefficient (Wildman–Crippen LogP) is 5.92. The normalized spacial score (nSPS) is 10.8. The molecule has 0 radical (unpaired) electrons. The van der Waals surface area contributed by atoms with Crippen LogP contribution in [0.4, 0.5) is 0 Å². The van der Waals surface area contributed by atoms with Gasteiger partial charge in [0, 0.05) is 42.6 Å². The molecule has 0 aliphatic carbocycles. The maximum atomic E-state index is 12.8. The summed E-state index contributed by atoms with van der Waals surface area (Å²) in [7, 11) is 0. The van der Waals surface area contributed by atoms with E-state index in [1.165, 1.54) is 11.1 Å². The lowest BCUT2D eigenvalue weighted by atomic mass is 9.88. The number of halogens is 1. The summed E-state index contributed by atoms with van der Waals surface area (Å²) in [5.41, 5.74) is 3.06. The highest BCUT2D eigenvalue weighted by Crippen LogP contribution is 2.27. The summed E-state index contributed by atoms with van der Waals surface area (Å²) >= 11 is 5.93. The van der Waals surface area contributed by atoms with Gasteiger partial charge in [-0.2, -0.15) is 0 Å². The molecule has 172 valence electrons. The Morgan fingerprint density at radius 2 is 1.42 bits per heavy atom. The first kappa shape index (κ1) is 24.5. The number of carbonyl (C=O) groups excluding carboxylic acids is 2. The Kier molecular flexibility index (Phi) is 9.52. The molecular weight excluding hydrogens is 432 g/mol. The van der Waals surface area contributed by atoms with E-state index < -0.39 is 0 Å². The largest absolute Gasteiger partial charge is 0.356 e. The Labute approximate surface area is 201 Å². The molecule has 0 fully saturated rings. The van der Waals surface area contributed by atoms with E-state index in [1.807, 2.05) is 43.3 Å². The van der Waals surface area contributed by atoms with Gasteiger partial charge in [-0.05, 0) is 48.2 Å². The maximum Gasteiger partial charge on any atom is 0.253 e. The molecule has 0 saturated heterocycles.